The fourth-order valence-electron chi connectivity index (χ4n) is 1.51. The third kappa shape index (κ3) is 4.44. The molecule has 0 aliphatic carbocycles. The molecular formula is C12H20N2O2S. The molecule has 0 saturated heterocycles. The van der Waals surface area contributed by atoms with Gasteiger partial charge in [-0.25, -0.2) is 0 Å². The zero-order valence-electron chi connectivity index (χ0n) is 10.4. The Morgan fingerprint density at radius 2 is 2.35 bits per heavy atom. The number of furan rings is 1. The summed E-state index contributed by atoms with van der Waals surface area (Å²) in [7, 11) is 0. The highest BCUT2D eigenvalue weighted by Crippen LogP contribution is 2.17. The van der Waals surface area contributed by atoms with Gasteiger partial charge in [0.15, 0.2) is 10.9 Å². The molecule has 0 radical (unpaired) electrons. The molecule has 5 heteroatoms. The second-order valence-electron chi connectivity index (χ2n) is 3.87. The van der Waals surface area contributed by atoms with E-state index in [0.29, 0.717) is 12.3 Å². The third-order valence-electron chi connectivity index (χ3n) is 2.53. The SMILES string of the molecule is CCCCC(CN)NC(=O)c1ccc(SC)o1. The first kappa shape index (κ1) is 14.1. The average molecular weight is 256 g/mol. The lowest BCUT2D eigenvalue weighted by atomic mass is 10.1. The normalized spacial score (nSPS) is 12.4. The molecule has 1 unspecified atom stereocenters. The molecule has 17 heavy (non-hydrogen) atoms. The molecule has 96 valence electrons. The highest BCUT2D eigenvalue weighted by atomic mass is 32.2. The maximum atomic E-state index is 11.8. The molecule has 1 aromatic heterocycles. The topological polar surface area (TPSA) is 68.3 Å². The lowest BCUT2D eigenvalue weighted by Gasteiger charge is -2.15. The van der Waals surface area contributed by atoms with Crippen LogP contribution in [0.25, 0.3) is 0 Å². The van der Waals surface area contributed by atoms with Crippen molar-refractivity contribution in [2.45, 2.75) is 37.3 Å². The first-order valence-electron chi connectivity index (χ1n) is 5.86. The van der Waals surface area contributed by atoms with Crippen molar-refractivity contribution < 1.29 is 9.21 Å². The van der Waals surface area contributed by atoms with Gasteiger partial charge in [-0.15, -0.1) is 0 Å². The van der Waals surface area contributed by atoms with Crippen LogP contribution in [0.5, 0.6) is 0 Å². The fourth-order valence-corrected chi connectivity index (χ4v) is 1.89. The van der Waals surface area contributed by atoms with Gasteiger partial charge in [0.05, 0.1) is 0 Å². The molecule has 0 saturated carbocycles. The largest absolute Gasteiger partial charge is 0.445 e. The van der Waals surface area contributed by atoms with Gasteiger partial charge in [0.2, 0.25) is 0 Å². The zero-order chi connectivity index (χ0) is 12.7. The van der Waals surface area contributed by atoms with Crippen molar-refractivity contribution in [3.63, 3.8) is 0 Å². The number of unbranched alkanes of at least 4 members (excludes halogenated alkanes) is 1. The summed E-state index contributed by atoms with van der Waals surface area (Å²) in [6, 6.07) is 3.52. The number of nitrogens with one attached hydrogen (secondary N) is 1. The summed E-state index contributed by atoms with van der Waals surface area (Å²) in [5.41, 5.74) is 5.62. The predicted octanol–water partition coefficient (Wildman–Crippen LogP) is 2.25. The van der Waals surface area contributed by atoms with Crippen molar-refractivity contribution in [1.82, 2.24) is 5.32 Å². The average Bonchev–Trinajstić information content (AvgIpc) is 2.83. The molecule has 0 aliphatic rings. The van der Waals surface area contributed by atoms with Gasteiger partial charge in [-0.05, 0) is 24.8 Å². The van der Waals surface area contributed by atoms with E-state index in [0.717, 1.165) is 24.4 Å². The van der Waals surface area contributed by atoms with E-state index in [2.05, 4.69) is 12.2 Å². The second-order valence-corrected chi connectivity index (χ2v) is 4.68. The standard InChI is InChI=1S/C12H20N2O2S/c1-3-4-5-9(8-13)14-12(15)10-6-7-11(16-10)17-2/h6-7,9H,3-5,8,13H2,1-2H3,(H,14,15). The van der Waals surface area contributed by atoms with Crippen LogP contribution in [0.1, 0.15) is 36.7 Å². The molecule has 0 aromatic carbocycles. The van der Waals surface area contributed by atoms with Crippen LogP contribution in [0, 0.1) is 0 Å². The van der Waals surface area contributed by atoms with Crippen LogP contribution >= 0.6 is 11.8 Å². The first-order valence-corrected chi connectivity index (χ1v) is 7.08. The van der Waals surface area contributed by atoms with Crippen molar-refractivity contribution in [3.8, 4) is 0 Å². The Hall–Kier alpha value is -0.940. The van der Waals surface area contributed by atoms with Crippen LogP contribution in [-0.4, -0.2) is 24.7 Å². The van der Waals surface area contributed by atoms with Gasteiger partial charge in [-0.1, -0.05) is 31.5 Å². The van der Waals surface area contributed by atoms with E-state index in [1.165, 1.54) is 11.8 Å². The van der Waals surface area contributed by atoms with Crippen LogP contribution in [0.4, 0.5) is 0 Å². The Kier molecular flexibility index (Phi) is 6.15. The van der Waals surface area contributed by atoms with E-state index in [-0.39, 0.29) is 11.9 Å². The highest BCUT2D eigenvalue weighted by Gasteiger charge is 2.15. The molecule has 0 spiro atoms. The van der Waals surface area contributed by atoms with Crippen LogP contribution in [0.2, 0.25) is 0 Å². The number of amides is 1. The Bertz CT molecular complexity index is 352. The summed E-state index contributed by atoms with van der Waals surface area (Å²) in [6.45, 7) is 2.58. The molecule has 0 aliphatic heterocycles. The van der Waals surface area contributed by atoms with Gasteiger partial charge in [0.25, 0.3) is 5.91 Å². The van der Waals surface area contributed by atoms with Gasteiger partial charge < -0.3 is 15.5 Å². The van der Waals surface area contributed by atoms with Crippen LogP contribution in [0.3, 0.4) is 0 Å². The quantitative estimate of drug-likeness (QED) is 0.734. The summed E-state index contributed by atoms with van der Waals surface area (Å²) < 4.78 is 5.35. The van der Waals surface area contributed by atoms with Crippen molar-refractivity contribution in [1.29, 1.82) is 0 Å². The third-order valence-corrected chi connectivity index (χ3v) is 3.15. The number of rotatable bonds is 7. The molecule has 1 aromatic rings. The maximum Gasteiger partial charge on any atom is 0.287 e. The van der Waals surface area contributed by atoms with Crippen molar-refractivity contribution in [2.24, 2.45) is 5.73 Å². The Morgan fingerprint density at radius 1 is 1.59 bits per heavy atom. The van der Waals surface area contributed by atoms with Crippen molar-refractivity contribution in [2.75, 3.05) is 12.8 Å². The summed E-state index contributed by atoms with van der Waals surface area (Å²) in [4.78, 5) is 11.8. The number of carbonyl (C=O) groups is 1. The lowest BCUT2D eigenvalue weighted by Crippen LogP contribution is -2.40. The molecular weight excluding hydrogens is 236 g/mol. The van der Waals surface area contributed by atoms with Crippen LogP contribution in [0.15, 0.2) is 21.6 Å². The highest BCUT2D eigenvalue weighted by molar-refractivity contribution is 7.98. The lowest BCUT2D eigenvalue weighted by molar-refractivity contribution is 0.0902. The molecule has 4 nitrogen and oxygen atoms in total. The number of hydrogen-bond donors (Lipinski definition) is 2. The Balaban J connectivity index is 2.51. The Labute approximate surface area is 106 Å². The maximum absolute atomic E-state index is 11.8. The summed E-state index contributed by atoms with van der Waals surface area (Å²) in [5.74, 6) is 0.168. The number of thioether (sulfide) groups is 1. The molecule has 0 fully saturated rings. The number of hydrogen-bond acceptors (Lipinski definition) is 4. The van der Waals surface area contributed by atoms with Gasteiger partial charge >= 0.3 is 0 Å². The minimum Gasteiger partial charge on any atom is -0.445 e. The monoisotopic (exact) mass is 256 g/mol. The molecule has 1 atom stereocenters. The summed E-state index contributed by atoms with van der Waals surface area (Å²) >= 11 is 1.47. The van der Waals surface area contributed by atoms with Crippen molar-refractivity contribution >= 4 is 17.7 Å². The smallest absolute Gasteiger partial charge is 0.287 e. The van der Waals surface area contributed by atoms with Gasteiger partial charge in [0.1, 0.15) is 0 Å². The molecule has 1 amide bonds. The minimum atomic E-state index is -0.183. The summed E-state index contributed by atoms with van der Waals surface area (Å²) in [6.07, 6.45) is 4.99. The van der Waals surface area contributed by atoms with E-state index in [1.807, 2.05) is 6.26 Å². The molecule has 0 bridgehead atoms. The van der Waals surface area contributed by atoms with E-state index < -0.39 is 0 Å². The first-order chi connectivity index (χ1) is 8.21. The van der Waals surface area contributed by atoms with Crippen LogP contribution < -0.4 is 11.1 Å². The second kappa shape index (κ2) is 7.40. The van der Waals surface area contributed by atoms with E-state index >= 15 is 0 Å². The van der Waals surface area contributed by atoms with Gasteiger partial charge in [-0.3, -0.25) is 4.79 Å². The predicted molar refractivity (Wildman–Crippen MR) is 70.3 cm³/mol. The van der Waals surface area contributed by atoms with Crippen LogP contribution in [-0.2, 0) is 0 Å². The van der Waals surface area contributed by atoms with Crippen molar-refractivity contribution in [3.05, 3.63) is 17.9 Å². The summed E-state index contributed by atoms with van der Waals surface area (Å²) in [5, 5.41) is 3.63. The minimum absolute atomic E-state index is 0.0327. The zero-order valence-corrected chi connectivity index (χ0v) is 11.2. The fraction of sp³-hybridized carbons (Fsp3) is 0.583. The molecule has 1 heterocycles. The molecule has 3 N–H and O–H groups in total. The van der Waals surface area contributed by atoms with E-state index in [9.17, 15) is 4.79 Å². The van der Waals surface area contributed by atoms with E-state index in [1.54, 1.807) is 12.1 Å². The number of nitrogens with two attached hydrogens (primary N) is 1. The Morgan fingerprint density at radius 3 is 2.88 bits per heavy atom. The van der Waals surface area contributed by atoms with Gasteiger partial charge in [0, 0.05) is 12.6 Å². The molecule has 1 rings (SSSR count). The van der Waals surface area contributed by atoms with E-state index in [4.69, 9.17) is 10.2 Å². The van der Waals surface area contributed by atoms with Gasteiger partial charge in [-0.2, -0.15) is 0 Å². The number of carbonyl (C=O) groups excluding carboxylic acids is 1.